The number of carbonyl (C=O) groups excluding carboxylic acids is 1. The third-order valence-electron chi connectivity index (χ3n) is 5.39. The van der Waals surface area contributed by atoms with Crippen LogP contribution in [0.4, 0.5) is 5.69 Å². The van der Waals surface area contributed by atoms with Gasteiger partial charge in [-0.25, -0.2) is 0 Å². The van der Waals surface area contributed by atoms with Gasteiger partial charge in [0.15, 0.2) is 0 Å². The van der Waals surface area contributed by atoms with Crippen LogP contribution in [0, 0.1) is 25.7 Å². The fraction of sp³-hybridized carbons (Fsp3) is 0.529. The van der Waals surface area contributed by atoms with Crippen LogP contribution in [-0.4, -0.2) is 5.78 Å². The second-order valence-electron chi connectivity index (χ2n) is 9.98. The van der Waals surface area contributed by atoms with E-state index < -0.39 is 0 Å². The van der Waals surface area contributed by atoms with Crippen LogP contribution >= 0.6 is 11.6 Å². The van der Waals surface area contributed by atoms with Gasteiger partial charge in [0.25, 0.3) is 0 Å². The highest BCUT2D eigenvalue weighted by molar-refractivity contribution is 6.33. The molecule has 3 nitrogen and oxygen atoms in total. The zero-order chi connectivity index (χ0) is 30.1. The van der Waals surface area contributed by atoms with E-state index >= 15 is 0 Å². The normalized spacial score (nSPS) is 15.4. The maximum atomic E-state index is 9.44. The summed E-state index contributed by atoms with van der Waals surface area (Å²) in [7, 11) is 0. The first kappa shape index (κ1) is 40.2. The minimum atomic E-state index is 0.159. The van der Waals surface area contributed by atoms with Gasteiger partial charge in [-0.3, -0.25) is 0 Å². The number of ketones is 1. The molecule has 1 saturated carbocycles. The Hall–Kier alpha value is -2.32. The smallest absolute Gasteiger partial charge is 0.126 e. The van der Waals surface area contributed by atoms with Gasteiger partial charge in [-0.05, 0) is 88.6 Å². The highest BCUT2D eigenvalue weighted by Crippen LogP contribution is 2.31. The standard InChI is InChI=1S/C8H10ClN.C8H11N.C8H16.C4H6.C3H6O.C3H8/c1-5-3-6(2)8(10)7(9)4-5;1-7(9)8-5-3-2-4-6-8;1-3-8-5-4-7(2)6-8;1-3-4-2;1-3(2)4;1-3-2/h3-4H,10H2,1-2H3;2-7H,9H2,1H3;7-8H,3-6H2,1-2H3;4H,1H2,2H3;1-2H3;3H2,1-2H3. The van der Waals surface area contributed by atoms with E-state index in [1.807, 2.05) is 70.2 Å². The second-order valence-corrected chi connectivity index (χ2v) is 10.4. The van der Waals surface area contributed by atoms with Gasteiger partial charge in [0.2, 0.25) is 0 Å². The van der Waals surface area contributed by atoms with E-state index in [-0.39, 0.29) is 11.8 Å². The Bertz CT molecular complexity index is 860. The van der Waals surface area contributed by atoms with Crippen molar-refractivity contribution in [2.45, 2.75) is 107 Å². The molecule has 216 valence electrons. The molecule has 2 aromatic rings. The van der Waals surface area contributed by atoms with Crippen molar-refractivity contribution in [3.8, 4) is 0 Å². The van der Waals surface area contributed by atoms with Crippen molar-refractivity contribution < 1.29 is 4.79 Å². The number of nitrogens with two attached hydrogens (primary N) is 2. The zero-order valence-corrected chi connectivity index (χ0v) is 26.8. The number of aryl methyl sites for hydroxylation is 2. The van der Waals surface area contributed by atoms with Crippen molar-refractivity contribution in [1.82, 2.24) is 0 Å². The Morgan fingerprint density at radius 1 is 1.13 bits per heavy atom. The molecule has 3 rings (SSSR count). The van der Waals surface area contributed by atoms with Gasteiger partial charge in [0.05, 0.1) is 10.7 Å². The van der Waals surface area contributed by atoms with E-state index in [1.54, 1.807) is 6.08 Å². The largest absolute Gasteiger partial charge is 0.397 e. The van der Waals surface area contributed by atoms with Crippen LogP contribution in [0.1, 0.15) is 110 Å². The summed E-state index contributed by atoms with van der Waals surface area (Å²) in [5.74, 6) is 2.27. The highest BCUT2D eigenvalue weighted by Gasteiger charge is 2.18. The Kier molecular flexibility index (Phi) is 27.8. The summed E-state index contributed by atoms with van der Waals surface area (Å²) >= 11 is 5.79. The monoisotopic (exact) mass is 544 g/mol. The van der Waals surface area contributed by atoms with Gasteiger partial charge in [-0.2, -0.15) is 0 Å². The van der Waals surface area contributed by atoms with Crippen LogP contribution in [0.25, 0.3) is 0 Å². The number of rotatable bonds is 2. The van der Waals surface area contributed by atoms with E-state index in [4.69, 9.17) is 23.1 Å². The van der Waals surface area contributed by atoms with Crippen LogP contribution in [0.3, 0.4) is 0 Å². The maximum Gasteiger partial charge on any atom is 0.126 e. The third kappa shape index (κ3) is 25.3. The Morgan fingerprint density at radius 2 is 1.61 bits per heavy atom. The molecule has 0 heterocycles. The molecule has 0 spiro atoms. The summed E-state index contributed by atoms with van der Waals surface area (Å²) in [6.45, 7) is 23.1. The fourth-order valence-corrected chi connectivity index (χ4v) is 3.70. The van der Waals surface area contributed by atoms with Crippen LogP contribution in [0.2, 0.25) is 5.02 Å². The Balaban J connectivity index is -0.000000409. The van der Waals surface area contributed by atoms with Crippen LogP contribution < -0.4 is 11.5 Å². The molecule has 3 atom stereocenters. The van der Waals surface area contributed by atoms with Gasteiger partial charge in [-0.1, -0.05) is 108 Å². The van der Waals surface area contributed by atoms with E-state index in [2.05, 4.69) is 40.0 Å². The summed E-state index contributed by atoms with van der Waals surface area (Å²) < 4.78 is 0. The predicted octanol–water partition coefficient (Wildman–Crippen LogP) is 10.4. The number of anilines is 1. The molecule has 0 aliphatic heterocycles. The van der Waals surface area contributed by atoms with Crippen molar-refractivity contribution in [1.29, 1.82) is 0 Å². The number of benzene rings is 2. The lowest BCUT2D eigenvalue weighted by atomic mass is 10.0. The van der Waals surface area contributed by atoms with E-state index in [9.17, 15) is 4.79 Å². The van der Waals surface area contributed by atoms with Crippen LogP contribution in [0.5, 0.6) is 0 Å². The molecule has 1 aliphatic carbocycles. The molecule has 2 aromatic carbocycles. The quantitative estimate of drug-likeness (QED) is 0.291. The maximum absolute atomic E-state index is 9.44. The molecule has 4 heteroatoms. The van der Waals surface area contributed by atoms with Crippen molar-refractivity contribution in [2.75, 3.05) is 5.73 Å². The van der Waals surface area contributed by atoms with Gasteiger partial charge >= 0.3 is 0 Å². The molecule has 1 aliphatic rings. The summed E-state index contributed by atoms with van der Waals surface area (Å²) in [6.07, 6.45) is 8.90. The van der Waals surface area contributed by atoms with Gasteiger partial charge in [-0.15, -0.1) is 5.73 Å². The zero-order valence-electron chi connectivity index (χ0n) is 26.0. The molecular formula is C34H57ClN2O. The summed E-state index contributed by atoms with van der Waals surface area (Å²) in [5.41, 5.74) is 17.9. The second kappa shape index (κ2) is 26.3. The number of nitrogen functional groups attached to an aromatic ring is 1. The lowest BCUT2D eigenvalue weighted by Crippen LogP contribution is -2.03. The lowest BCUT2D eigenvalue weighted by Gasteiger charge is -2.02. The highest BCUT2D eigenvalue weighted by atomic mass is 35.5. The van der Waals surface area contributed by atoms with Crippen molar-refractivity contribution in [3.05, 3.63) is 82.6 Å². The first-order valence-corrected chi connectivity index (χ1v) is 14.3. The molecule has 1 fully saturated rings. The minimum absolute atomic E-state index is 0.159. The van der Waals surface area contributed by atoms with Gasteiger partial charge in [0.1, 0.15) is 5.78 Å². The Morgan fingerprint density at radius 3 is 1.87 bits per heavy atom. The molecule has 0 bridgehead atoms. The number of allylic oxidation sites excluding steroid dienone is 1. The van der Waals surface area contributed by atoms with Crippen LogP contribution in [0.15, 0.2) is 60.9 Å². The average molecular weight is 545 g/mol. The molecule has 0 radical (unpaired) electrons. The molecular weight excluding hydrogens is 488 g/mol. The van der Waals surface area contributed by atoms with Crippen LogP contribution in [-0.2, 0) is 4.79 Å². The van der Waals surface area contributed by atoms with Crippen molar-refractivity contribution >= 4 is 23.1 Å². The molecule has 0 saturated heterocycles. The van der Waals surface area contributed by atoms with E-state index in [0.717, 1.165) is 23.0 Å². The van der Waals surface area contributed by atoms with Crippen molar-refractivity contribution in [3.63, 3.8) is 0 Å². The number of hydrogen-bond acceptors (Lipinski definition) is 3. The summed E-state index contributed by atoms with van der Waals surface area (Å²) in [5, 5.41) is 0.650. The summed E-state index contributed by atoms with van der Waals surface area (Å²) in [6, 6.07) is 14.1. The van der Waals surface area contributed by atoms with Gasteiger partial charge in [0, 0.05) is 6.04 Å². The topological polar surface area (TPSA) is 69.1 Å². The number of halogens is 1. The third-order valence-corrected chi connectivity index (χ3v) is 5.70. The van der Waals surface area contributed by atoms with Crippen molar-refractivity contribution in [2.24, 2.45) is 17.6 Å². The van der Waals surface area contributed by atoms with E-state index in [1.165, 1.54) is 51.5 Å². The first-order valence-electron chi connectivity index (χ1n) is 13.9. The predicted molar refractivity (Wildman–Crippen MR) is 173 cm³/mol. The van der Waals surface area contributed by atoms with Gasteiger partial charge < -0.3 is 16.3 Å². The molecule has 4 N–H and O–H groups in total. The Labute approximate surface area is 240 Å². The number of Topliss-reactive ketones (excluding diaryl/α,β-unsaturated/α-hetero) is 1. The summed E-state index contributed by atoms with van der Waals surface area (Å²) in [4.78, 5) is 9.44. The lowest BCUT2D eigenvalue weighted by molar-refractivity contribution is -0.114. The minimum Gasteiger partial charge on any atom is -0.397 e. The molecule has 0 aromatic heterocycles. The molecule has 0 amide bonds. The molecule has 3 unspecified atom stereocenters. The average Bonchev–Trinajstić information content (AvgIpc) is 3.29. The number of hydrogen-bond donors (Lipinski definition) is 2. The number of carbonyl (C=O) groups is 1. The SMILES string of the molecule is C=C=CC.CC(C)=O.CC(N)c1ccccc1.CCC.CCC1CCC(C)C1.Cc1cc(C)c(N)c(Cl)c1. The van der Waals surface area contributed by atoms with E-state index in [0.29, 0.717) is 10.7 Å². The first-order chi connectivity index (χ1) is 17.8. The fourth-order valence-electron chi connectivity index (χ4n) is 3.38. The molecule has 38 heavy (non-hydrogen) atoms.